The molecule has 0 saturated carbocycles. The number of hydrogen-bond acceptors (Lipinski definition) is 4. The minimum Gasteiger partial charge on any atom is -0.449 e. The number of anilines is 1. The zero-order valence-electron chi connectivity index (χ0n) is 18.9. The predicted octanol–water partition coefficient (Wildman–Crippen LogP) is 7.25. The molecule has 36 heavy (non-hydrogen) atoms. The van der Waals surface area contributed by atoms with Crippen LogP contribution in [-0.4, -0.2) is 23.8 Å². The number of nitrogens with one attached hydrogen (secondary N) is 1. The standard InChI is InChI=1S/C29H21Br2NO4/c30-23-15-11-21(12-16-23)28(34)32-24-17-13-22(14-18-24)29(35)36-27(25(31)19-7-3-1-4-8-19)26(33)20-9-5-2-6-10-20/h1-18,25,27H,(H,32,34)/t25-,27+/m0/s1. The Morgan fingerprint density at radius 2 is 1.22 bits per heavy atom. The maximum absolute atomic E-state index is 13.3. The minimum absolute atomic E-state index is 0.260. The monoisotopic (exact) mass is 605 g/mol. The smallest absolute Gasteiger partial charge is 0.338 e. The SMILES string of the molecule is O=C(Nc1ccc(C(=O)O[C@@H](C(=O)c2ccccc2)[C@@H](Br)c2ccccc2)cc1)c1ccc(Br)cc1. The Kier molecular flexibility index (Phi) is 8.46. The van der Waals surface area contributed by atoms with Crippen molar-refractivity contribution in [2.45, 2.75) is 10.9 Å². The molecule has 7 heteroatoms. The number of halogens is 2. The van der Waals surface area contributed by atoms with Gasteiger partial charge in [-0.25, -0.2) is 4.79 Å². The van der Waals surface area contributed by atoms with Crippen molar-refractivity contribution in [3.63, 3.8) is 0 Å². The van der Waals surface area contributed by atoms with Crippen LogP contribution in [0.2, 0.25) is 0 Å². The van der Waals surface area contributed by atoms with E-state index < -0.39 is 16.9 Å². The Morgan fingerprint density at radius 3 is 1.83 bits per heavy atom. The van der Waals surface area contributed by atoms with Gasteiger partial charge in [0, 0.05) is 21.3 Å². The van der Waals surface area contributed by atoms with E-state index in [9.17, 15) is 14.4 Å². The number of Topliss-reactive ketones (excluding diaryl/α,β-unsaturated/α-hetero) is 1. The second-order valence-electron chi connectivity index (χ2n) is 7.91. The first-order valence-corrected chi connectivity index (χ1v) is 12.8. The molecule has 0 unspecified atom stereocenters. The highest BCUT2D eigenvalue weighted by Crippen LogP contribution is 2.31. The van der Waals surface area contributed by atoms with E-state index in [-0.39, 0.29) is 17.3 Å². The van der Waals surface area contributed by atoms with Crippen molar-refractivity contribution >= 4 is 55.2 Å². The van der Waals surface area contributed by atoms with Crippen LogP contribution in [0.5, 0.6) is 0 Å². The van der Waals surface area contributed by atoms with Crippen LogP contribution in [0.25, 0.3) is 0 Å². The van der Waals surface area contributed by atoms with Crippen molar-refractivity contribution in [3.05, 3.63) is 136 Å². The molecule has 4 rings (SSSR count). The number of hydrogen-bond donors (Lipinski definition) is 1. The van der Waals surface area contributed by atoms with Crippen molar-refractivity contribution in [2.75, 3.05) is 5.32 Å². The summed E-state index contributed by atoms with van der Waals surface area (Å²) >= 11 is 6.91. The van der Waals surface area contributed by atoms with Gasteiger partial charge in [0.25, 0.3) is 5.91 Å². The number of carbonyl (C=O) groups is 3. The molecule has 0 aliphatic rings. The van der Waals surface area contributed by atoms with Crippen LogP contribution >= 0.6 is 31.9 Å². The molecule has 0 aliphatic heterocycles. The molecule has 2 atom stereocenters. The summed E-state index contributed by atoms with van der Waals surface area (Å²) in [5.41, 5.74) is 2.55. The highest BCUT2D eigenvalue weighted by atomic mass is 79.9. The zero-order valence-corrected chi connectivity index (χ0v) is 22.1. The van der Waals surface area contributed by atoms with Crippen LogP contribution in [0, 0.1) is 0 Å². The molecular formula is C29H21Br2NO4. The molecule has 0 aromatic heterocycles. The quantitative estimate of drug-likeness (QED) is 0.130. The van der Waals surface area contributed by atoms with Crippen LogP contribution in [0.1, 0.15) is 41.5 Å². The Hall–Kier alpha value is -3.55. The molecule has 4 aromatic carbocycles. The molecule has 4 aromatic rings. The predicted molar refractivity (Wildman–Crippen MR) is 147 cm³/mol. The third-order valence-electron chi connectivity index (χ3n) is 5.42. The summed E-state index contributed by atoms with van der Waals surface area (Å²) < 4.78 is 6.62. The summed E-state index contributed by atoms with van der Waals surface area (Å²) in [7, 11) is 0. The number of benzene rings is 4. The van der Waals surface area contributed by atoms with Crippen molar-refractivity contribution in [1.82, 2.24) is 0 Å². The van der Waals surface area contributed by atoms with Gasteiger partial charge in [-0.05, 0) is 54.1 Å². The Morgan fingerprint density at radius 1 is 0.667 bits per heavy atom. The van der Waals surface area contributed by atoms with Gasteiger partial charge in [0.2, 0.25) is 5.78 Å². The van der Waals surface area contributed by atoms with Gasteiger partial charge in [-0.2, -0.15) is 0 Å². The molecule has 0 saturated heterocycles. The van der Waals surface area contributed by atoms with E-state index in [0.717, 1.165) is 10.0 Å². The summed E-state index contributed by atoms with van der Waals surface area (Å²) in [6.45, 7) is 0. The number of ether oxygens (including phenoxy) is 1. The van der Waals surface area contributed by atoms with Crippen molar-refractivity contribution in [3.8, 4) is 0 Å². The first-order chi connectivity index (χ1) is 17.4. The van der Waals surface area contributed by atoms with E-state index >= 15 is 0 Å². The number of esters is 1. The molecule has 0 spiro atoms. The summed E-state index contributed by atoms with van der Waals surface area (Å²) in [4.78, 5) is 38.2. The third-order valence-corrected chi connectivity index (χ3v) is 6.96. The van der Waals surface area contributed by atoms with Crippen LogP contribution < -0.4 is 5.32 Å². The summed E-state index contributed by atoms with van der Waals surface area (Å²) in [5.74, 6) is -1.22. The maximum Gasteiger partial charge on any atom is 0.338 e. The average Bonchev–Trinajstić information content (AvgIpc) is 2.92. The van der Waals surface area contributed by atoms with Gasteiger partial charge in [0.15, 0.2) is 6.10 Å². The van der Waals surface area contributed by atoms with Gasteiger partial charge in [-0.15, -0.1) is 0 Å². The Labute approximate surface area is 225 Å². The molecule has 1 amide bonds. The van der Waals surface area contributed by atoms with Gasteiger partial charge in [-0.3, -0.25) is 9.59 Å². The van der Waals surface area contributed by atoms with Gasteiger partial charge in [-0.1, -0.05) is 92.5 Å². The summed E-state index contributed by atoms with van der Waals surface area (Å²) in [6.07, 6.45) is -1.08. The van der Waals surface area contributed by atoms with Crippen LogP contribution in [-0.2, 0) is 4.74 Å². The number of ketones is 1. The second-order valence-corrected chi connectivity index (χ2v) is 9.81. The fourth-order valence-electron chi connectivity index (χ4n) is 3.50. The Bertz CT molecular complexity index is 1340. The third kappa shape index (κ3) is 6.36. The van der Waals surface area contributed by atoms with E-state index in [1.54, 1.807) is 72.8 Å². The molecule has 0 fully saturated rings. The van der Waals surface area contributed by atoms with Gasteiger partial charge < -0.3 is 10.1 Å². The van der Waals surface area contributed by atoms with E-state index in [1.807, 2.05) is 36.4 Å². The lowest BCUT2D eigenvalue weighted by Crippen LogP contribution is -2.31. The number of amides is 1. The Balaban J connectivity index is 1.50. The van der Waals surface area contributed by atoms with Crippen molar-refractivity contribution in [2.24, 2.45) is 0 Å². The van der Waals surface area contributed by atoms with Crippen LogP contribution in [0.15, 0.2) is 114 Å². The van der Waals surface area contributed by atoms with Crippen molar-refractivity contribution < 1.29 is 19.1 Å². The molecule has 0 aliphatic carbocycles. The molecular weight excluding hydrogens is 586 g/mol. The molecule has 0 heterocycles. The zero-order chi connectivity index (χ0) is 25.5. The number of carbonyl (C=O) groups excluding carboxylic acids is 3. The van der Waals surface area contributed by atoms with E-state index in [0.29, 0.717) is 16.8 Å². The van der Waals surface area contributed by atoms with E-state index in [4.69, 9.17) is 4.74 Å². The highest BCUT2D eigenvalue weighted by molar-refractivity contribution is 9.10. The lowest BCUT2D eigenvalue weighted by atomic mass is 9.99. The summed E-state index contributed by atoms with van der Waals surface area (Å²) in [6, 6.07) is 31.4. The molecule has 180 valence electrons. The van der Waals surface area contributed by atoms with E-state index in [1.165, 1.54) is 0 Å². The number of rotatable bonds is 8. The van der Waals surface area contributed by atoms with Crippen LogP contribution in [0.3, 0.4) is 0 Å². The fraction of sp³-hybridized carbons (Fsp3) is 0.0690. The van der Waals surface area contributed by atoms with Gasteiger partial charge in [0.1, 0.15) is 0 Å². The highest BCUT2D eigenvalue weighted by Gasteiger charge is 2.32. The largest absolute Gasteiger partial charge is 0.449 e. The van der Waals surface area contributed by atoms with Crippen molar-refractivity contribution in [1.29, 1.82) is 0 Å². The topological polar surface area (TPSA) is 72.5 Å². The first-order valence-electron chi connectivity index (χ1n) is 11.1. The molecule has 0 radical (unpaired) electrons. The summed E-state index contributed by atoms with van der Waals surface area (Å²) in [5, 5.41) is 2.80. The van der Waals surface area contributed by atoms with Gasteiger partial charge >= 0.3 is 5.97 Å². The molecule has 0 bridgehead atoms. The fourth-order valence-corrected chi connectivity index (χ4v) is 4.42. The second kappa shape index (κ2) is 11.9. The minimum atomic E-state index is -1.08. The lowest BCUT2D eigenvalue weighted by molar-refractivity contribution is 0.0282. The maximum atomic E-state index is 13.3. The number of alkyl halides is 1. The van der Waals surface area contributed by atoms with E-state index in [2.05, 4.69) is 37.2 Å². The van der Waals surface area contributed by atoms with Gasteiger partial charge in [0.05, 0.1) is 10.4 Å². The first kappa shape index (κ1) is 25.5. The lowest BCUT2D eigenvalue weighted by Gasteiger charge is -2.22. The molecule has 1 N–H and O–H groups in total. The average molecular weight is 607 g/mol. The molecule has 5 nitrogen and oxygen atoms in total. The van der Waals surface area contributed by atoms with Crippen LogP contribution in [0.4, 0.5) is 5.69 Å². The normalized spacial score (nSPS) is 12.3.